The van der Waals surface area contributed by atoms with Gasteiger partial charge in [-0.1, -0.05) is 65.3 Å². The van der Waals surface area contributed by atoms with E-state index in [-0.39, 0.29) is 35.6 Å². The summed E-state index contributed by atoms with van der Waals surface area (Å²) in [7, 11) is 0. The van der Waals surface area contributed by atoms with E-state index in [4.69, 9.17) is 0 Å². The van der Waals surface area contributed by atoms with Crippen molar-refractivity contribution in [1.82, 2.24) is 0 Å². The Hall–Kier alpha value is -1.96. The predicted molar refractivity (Wildman–Crippen MR) is 170 cm³/mol. The van der Waals surface area contributed by atoms with Crippen LogP contribution in [0.15, 0.2) is 109 Å². The van der Waals surface area contributed by atoms with E-state index in [2.05, 4.69) is 151 Å². The summed E-state index contributed by atoms with van der Waals surface area (Å²) in [6, 6.07) is 36.8. The summed E-state index contributed by atoms with van der Waals surface area (Å²) in [6.07, 6.45) is 11.0. The molecule has 0 saturated heterocycles. The van der Waals surface area contributed by atoms with E-state index in [0.717, 1.165) is 12.8 Å². The third-order valence-corrected chi connectivity index (χ3v) is 13.3. The molecule has 0 fully saturated rings. The van der Waals surface area contributed by atoms with Crippen molar-refractivity contribution in [3.63, 3.8) is 0 Å². The third-order valence-electron chi connectivity index (χ3n) is 7.17. The fourth-order valence-corrected chi connectivity index (χ4v) is 8.59. The van der Waals surface area contributed by atoms with Gasteiger partial charge in [-0.3, -0.25) is 6.08 Å². The van der Waals surface area contributed by atoms with Crippen LogP contribution in [-0.2, 0) is 40.6 Å². The number of benzene rings is 4. The molecule has 0 N–H and O–H groups in total. The zero-order valence-electron chi connectivity index (χ0n) is 25.6. The van der Waals surface area contributed by atoms with Gasteiger partial charge in [-0.25, -0.2) is 12.2 Å². The van der Waals surface area contributed by atoms with Gasteiger partial charge in [0.25, 0.3) is 0 Å². The van der Waals surface area contributed by atoms with E-state index in [1.54, 1.807) is 23.3 Å². The monoisotopic (exact) mass is 684 g/mol. The molecule has 42 heavy (non-hydrogen) atoms. The van der Waals surface area contributed by atoms with E-state index < -0.39 is 5.43 Å². The summed E-state index contributed by atoms with van der Waals surface area (Å²) in [4.78, 5) is 0. The zero-order chi connectivity index (χ0) is 28.8. The summed E-state index contributed by atoms with van der Waals surface area (Å²) in [5, 5.41) is 3.03. The molecule has 0 heterocycles. The maximum absolute atomic E-state index is 3.67. The van der Waals surface area contributed by atoms with Crippen LogP contribution in [-0.4, -0.2) is 5.43 Å². The Morgan fingerprint density at radius 3 is 1.71 bits per heavy atom. The Bertz CT molecular complexity index is 1400. The van der Waals surface area contributed by atoms with Crippen LogP contribution in [0.1, 0.15) is 70.2 Å². The molecular weight excluding hydrogens is 647 g/mol. The van der Waals surface area contributed by atoms with Crippen molar-refractivity contribution < 1.29 is 48.1 Å². The van der Waals surface area contributed by atoms with Gasteiger partial charge in [-0.2, -0.15) is 29.8 Å². The first-order valence-electron chi connectivity index (χ1n) is 14.1. The molecular formula is C38H40Cl2SiZr-2. The number of halogens is 2. The summed E-state index contributed by atoms with van der Waals surface area (Å²) in [5.74, 6) is 0. The van der Waals surface area contributed by atoms with Crippen LogP contribution in [0.2, 0.25) is 0 Å². The molecule has 0 nitrogen and oxygen atoms in total. The summed E-state index contributed by atoms with van der Waals surface area (Å²) in [6.45, 7) is 13.6. The number of hydrogen-bond donors (Lipinski definition) is 0. The van der Waals surface area contributed by atoms with Crippen molar-refractivity contribution in [1.29, 1.82) is 0 Å². The molecule has 0 saturated carbocycles. The molecule has 0 aliphatic heterocycles. The Balaban J connectivity index is 0.000000253. The van der Waals surface area contributed by atoms with E-state index >= 15 is 0 Å². The van der Waals surface area contributed by atoms with Crippen LogP contribution < -0.4 is 35.2 Å². The molecule has 4 aromatic carbocycles. The Labute approximate surface area is 282 Å². The topological polar surface area (TPSA) is 0 Å². The summed E-state index contributed by atoms with van der Waals surface area (Å²) < 4.78 is 0. The van der Waals surface area contributed by atoms with Crippen molar-refractivity contribution in [2.24, 2.45) is 0 Å². The number of rotatable bonds is 2. The first kappa shape index (κ1) is 36.2. The molecule has 0 bridgehead atoms. The van der Waals surface area contributed by atoms with Gasteiger partial charge in [-0.15, -0.1) is 17.5 Å². The molecule has 0 radical (unpaired) electrons. The van der Waals surface area contributed by atoms with Gasteiger partial charge in [0.05, 0.1) is 0 Å². The molecule has 216 valence electrons. The standard InChI is InChI=1S/C21H25.C12H10Si.C5H5.2ClH.Zr/c1-20(2,3)16-7-9-18-14(12-16)11-15-13-17(21(4,5)6)8-10-19(15)18;1-3-7-11(8-4-1)13-12-9-5-2-6-10-12;1-2-4-5-3-1;;;/h7-10,12H,11H2,1-6H3;1-10H;1-3H,4H2;2*1H;/q-1;;-1;;;+2/p-2. The van der Waals surface area contributed by atoms with Gasteiger partial charge in [0.15, 0.2) is 0 Å². The van der Waals surface area contributed by atoms with Gasteiger partial charge >= 0.3 is 99.8 Å². The van der Waals surface area contributed by atoms with Crippen molar-refractivity contribution in [3.8, 4) is 11.1 Å². The molecule has 0 atom stereocenters. The van der Waals surface area contributed by atoms with Gasteiger partial charge < -0.3 is 24.8 Å². The predicted octanol–water partition coefficient (Wildman–Crippen LogP) is 2.31. The fourth-order valence-electron chi connectivity index (χ4n) is 4.74. The van der Waals surface area contributed by atoms with Crippen LogP contribution in [0.4, 0.5) is 0 Å². The summed E-state index contributed by atoms with van der Waals surface area (Å²) >= 11 is 1.64. The molecule has 2 aliphatic carbocycles. The van der Waals surface area contributed by atoms with E-state index in [1.165, 1.54) is 43.8 Å². The normalized spacial score (nSPS) is 12.4. The molecule has 4 heteroatoms. The minimum absolute atomic E-state index is 0. The third kappa shape index (κ3) is 9.78. The van der Waals surface area contributed by atoms with E-state index in [9.17, 15) is 0 Å². The molecule has 2 aliphatic rings. The van der Waals surface area contributed by atoms with Gasteiger partial charge in [0.1, 0.15) is 0 Å². The second-order valence-electron chi connectivity index (χ2n) is 12.4. The number of fused-ring (bicyclic) bond motifs is 3. The van der Waals surface area contributed by atoms with Crippen molar-refractivity contribution in [2.75, 3.05) is 0 Å². The first-order valence-corrected chi connectivity index (χ1v) is 19.3. The summed E-state index contributed by atoms with van der Waals surface area (Å²) in [5.41, 5.74) is 8.25. The second-order valence-corrected chi connectivity index (χ2v) is 18.0. The molecule has 6 rings (SSSR count). The molecule has 0 unspecified atom stereocenters. The van der Waals surface area contributed by atoms with Crippen LogP contribution in [0.25, 0.3) is 11.1 Å². The van der Waals surface area contributed by atoms with Crippen LogP contribution >= 0.6 is 0 Å². The Morgan fingerprint density at radius 2 is 1.26 bits per heavy atom. The maximum atomic E-state index is 3.67. The van der Waals surface area contributed by atoms with Crippen LogP contribution in [0.5, 0.6) is 0 Å². The molecule has 0 spiro atoms. The van der Waals surface area contributed by atoms with E-state index in [1.807, 2.05) is 12.2 Å². The average molecular weight is 687 g/mol. The fraction of sp³-hybridized carbons (Fsp3) is 0.263. The molecule has 0 aromatic heterocycles. The second kappa shape index (κ2) is 16.2. The van der Waals surface area contributed by atoms with Gasteiger partial charge in [-0.05, 0) is 28.4 Å². The Morgan fingerprint density at radius 1 is 0.690 bits per heavy atom. The SMILES string of the molecule is CC(C)(C)c1[c-]c2c(cc1)-c1ccc(C(C)(C)C)cc1C2.[C-]1=CC=CC1.[Cl-].[Cl-].[Zr+2]=[Si](c1ccccc1)c1ccccc1. The Kier molecular flexibility index (Phi) is 14.0. The van der Waals surface area contributed by atoms with Gasteiger partial charge in [0, 0.05) is 0 Å². The average Bonchev–Trinajstić information content (AvgIpc) is 3.64. The number of hydrogen-bond acceptors (Lipinski definition) is 0. The zero-order valence-corrected chi connectivity index (χ0v) is 30.5. The molecule has 0 amide bonds. The van der Waals surface area contributed by atoms with Gasteiger partial charge in [0.2, 0.25) is 0 Å². The first-order chi connectivity index (χ1) is 19.0. The van der Waals surface area contributed by atoms with Crippen molar-refractivity contribution in [2.45, 2.75) is 65.2 Å². The van der Waals surface area contributed by atoms with E-state index in [0.29, 0.717) is 0 Å². The van der Waals surface area contributed by atoms with Crippen molar-refractivity contribution in [3.05, 3.63) is 144 Å². The quantitative estimate of drug-likeness (QED) is 0.198. The minimum atomic E-state index is -0.455. The van der Waals surface area contributed by atoms with Crippen molar-refractivity contribution >= 4 is 15.8 Å². The van der Waals surface area contributed by atoms with Crippen LogP contribution in [0.3, 0.4) is 0 Å². The molecule has 4 aromatic rings. The van der Waals surface area contributed by atoms with Crippen LogP contribution in [0, 0.1) is 12.1 Å². The number of allylic oxidation sites excluding steroid dienone is 4.